The van der Waals surface area contributed by atoms with Crippen molar-refractivity contribution in [3.05, 3.63) is 71.8 Å². The number of pyridine rings is 2. The van der Waals surface area contributed by atoms with Crippen LogP contribution in [0.4, 0.5) is 28.9 Å². The van der Waals surface area contributed by atoms with Crippen molar-refractivity contribution in [3.63, 3.8) is 0 Å². The molecule has 0 atom stereocenters. The zero-order chi connectivity index (χ0) is 22.1. The lowest BCUT2D eigenvalue weighted by Gasteiger charge is -2.22. The Morgan fingerprint density at radius 3 is 2.61 bits per heavy atom. The first-order valence-electron chi connectivity index (χ1n) is 9.12. The highest BCUT2D eigenvalue weighted by atomic mass is 19.3. The first-order chi connectivity index (χ1) is 14.8. The van der Waals surface area contributed by atoms with Gasteiger partial charge in [0.25, 0.3) is 6.43 Å². The topological polar surface area (TPSA) is 75.2 Å². The predicted molar refractivity (Wildman–Crippen MR) is 103 cm³/mol. The molecule has 1 N–H and O–H groups in total. The number of nitrogens with one attached hydrogen (secondary N) is 1. The molecular weight excluding hydrogens is 416 g/mol. The lowest BCUT2D eigenvalue weighted by molar-refractivity contribution is -0.121. The summed E-state index contributed by atoms with van der Waals surface area (Å²) in [6, 6.07) is 8.85. The van der Waals surface area contributed by atoms with Crippen LogP contribution < -0.4 is 10.2 Å². The molecule has 0 bridgehead atoms. The molecule has 0 saturated carbocycles. The number of hydrogen-bond acceptors (Lipinski definition) is 4. The number of nitrogens with zero attached hydrogens (tertiary/aromatic N) is 3. The molecular formula is C21H14F4N4O2. The van der Waals surface area contributed by atoms with E-state index in [-0.39, 0.29) is 40.2 Å². The van der Waals surface area contributed by atoms with Gasteiger partial charge < -0.3 is 10.2 Å². The van der Waals surface area contributed by atoms with Crippen LogP contribution in [0.15, 0.2) is 48.7 Å². The molecule has 0 aliphatic carbocycles. The molecule has 3 aromatic rings. The van der Waals surface area contributed by atoms with Crippen LogP contribution in [0.5, 0.6) is 0 Å². The first kappa shape index (κ1) is 20.5. The number of rotatable bonds is 4. The quantitative estimate of drug-likeness (QED) is 0.504. The van der Waals surface area contributed by atoms with E-state index >= 15 is 0 Å². The molecule has 2 aromatic heterocycles. The third-order valence-electron chi connectivity index (χ3n) is 4.74. The fourth-order valence-corrected chi connectivity index (χ4v) is 3.34. The van der Waals surface area contributed by atoms with E-state index in [0.717, 1.165) is 23.1 Å². The van der Waals surface area contributed by atoms with E-state index in [9.17, 15) is 27.2 Å². The van der Waals surface area contributed by atoms with Crippen LogP contribution in [-0.2, 0) is 16.0 Å². The Bertz CT molecular complexity index is 1170. The van der Waals surface area contributed by atoms with Crippen molar-refractivity contribution in [1.82, 2.24) is 9.97 Å². The SMILES string of the molecule is O=C(CN1C(=O)Cc2ncccc2-c2c1cc(F)nc2F)Nc1ccc(C(F)F)cc1. The van der Waals surface area contributed by atoms with Crippen molar-refractivity contribution in [2.75, 3.05) is 16.8 Å². The van der Waals surface area contributed by atoms with Gasteiger partial charge in [-0.15, -0.1) is 0 Å². The monoisotopic (exact) mass is 430 g/mol. The smallest absolute Gasteiger partial charge is 0.263 e. The number of aromatic nitrogens is 2. The van der Waals surface area contributed by atoms with E-state index in [1.165, 1.54) is 24.4 Å². The van der Waals surface area contributed by atoms with Crippen LogP contribution in [0.2, 0.25) is 0 Å². The van der Waals surface area contributed by atoms with Crippen LogP contribution >= 0.6 is 0 Å². The minimum absolute atomic E-state index is 0.135. The Hall–Kier alpha value is -3.82. The summed E-state index contributed by atoms with van der Waals surface area (Å²) in [5.41, 5.74) is 0.287. The van der Waals surface area contributed by atoms with E-state index in [4.69, 9.17) is 0 Å². The molecule has 2 amide bonds. The molecule has 1 aliphatic heterocycles. The van der Waals surface area contributed by atoms with Gasteiger partial charge in [0.15, 0.2) is 0 Å². The molecule has 4 rings (SSSR count). The molecule has 1 aliphatic rings. The average Bonchev–Trinajstić information content (AvgIpc) is 2.83. The number of amides is 2. The minimum atomic E-state index is -2.65. The number of anilines is 2. The normalized spacial score (nSPS) is 12.9. The highest BCUT2D eigenvalue weighted by molar-refractivity contribution is 6.07. The summed E-state index contributed by atoms with van der Waals surface area (Å²) < 4.78 is 53.8. The maximum atomic E-state index is 14.6. The zero-order valence-corrected chi connectivity index (χ0v) is 15.8. The van der Waals surface area contributed by atoms with E-state index in [1.807, 2.05) is 0 Å². The van der Waals surface area contributed by atoms with Crippen molar-refractivity contribution in [2.45, 2.75) is 12.8 Å². The number of fused-ring (bicyclic) bond motifs is 3. The number of benzene rings is 1. The van der Waals surface area contributed by atoms with Gasteiger partial charge >= 0.3 is 0 Å². The van der Waals surface area contributed by atoms with Crippen molar-refractivity contribution < 1.29 is 27.2 Å². The molecule has 3 heterocycles. The van der Waals surface area contributed by atoms with Crippen molar-refractivity contribution in [1.29, 1.82) is 0 Å². The van der Waals surface area contributed by atoms with Gasteiger partial charge in [0.05, 0.1) is 23.4 Å². The van der Waals surface area contributed by atoms with Gasteiger partial charge in [0.1, 0.15) is 6.54 Å². The van der Waals surface area contributed by atoms with Crippen LogP contribution in [-0.4, -0.2) is 28.3 Å². The summed E-state index contributed by atoms with van der Waals surface area (Å²) in [5, 5.41) is 2.48. The van der Waals surface area contributed by atoms with Crippen LogP contribution in [0.1, 0.15) is 17.7 Å². The Kier molecular flexibility index (Phi) is 5.37. The van der Waals surface area contributed by atoms with Gasteiger partial charge in [-0.3, -0.25) is 14.6 Å². The third-order valence-corrected chi connectivity index (χ3v) is 4.74. The number of carbonyl (C=O) groups excluding carboxylic acids is 2. The zero-order valence-electron chi connectivity index (χ0n) is 15.8. The lowest BCUT2D eigenvalue weighted by atomic mass is 10.0. The summed E-state index contributed by atoms with van der Waals surface area (Å²) in [4.78, 5) is 33.6. The summed E-state index contributed by atoms with van der Waals surface area (Å²) in [5.74, 6) is -3.55. The molecule has 0 radical (unpaired) electrons. The second-order valence-electron chi connectivity index (χ2n) is 6.76. The Labute approximate surface area is 173 Å². The number of alkyl halides is 2. The van der Waals surface area contributed by atoms with Gasteiger partial charge in [0, 0.05) is 29.1 Å². The predicted octanol–water partition coefficient (Wildman–Crippen LogP) is 3.89. The van der Waals surface area contributed by atoms with Gasteiger partial charge in [0.2, 0.25) is 23.7 Å². The molecule has 0 unspecified atom stereocenters. The molecule has 1 aromatic carbocycles. The highest BCUT2D eigenvalue weighted by Gasteiger charge is 2.31. The first-order valence-corrected chi connectivity index (χ1v) is 9.12. The van der Waals surface area contributed by atoms with Gasteiger partial charge in [-0.05, 0) is 18.2 Å². The van der Waals surface area contributed by atoms with Crippen LogP contribution in [0, 0.1) is 11.9 Å². The van der Waals surface area contributed by atoms with Crippen molar-refractivity contribution >= 4 is 23.2 Å². The average molecular weight is 430 g/mol. The molecule has 158 valence electrons. The minimum Gasteiger partial charge on any atom is -0.325 e. The molecule has 6 nitrogen and oxygen atoms in total. The maximum absolute atomic E-state index is 14.6. The molecule has 0 fully saturated rings. The van der Waals surface area contributed by atoms with Gasteiger partial charge in [-0.25, -0.2) is 8.78 Å². The number of carbonyl (C=O) groups is 2. The van der Waals surface area contributed by atoms with Crippen LogP contribution in [0.3, 0.4) is 0 Å². The van der Waals surface area contributed by atoms with Gasteiger partial charge in [-0.2, -0.15) is 13.8 Å². The summed E-state index contributed by atoms with van der Waals surface area (Å²) in [6.07, 6.45) is -1.45. The highest BCUT2D eigenvalue weighted by Crippen LogP contribution is 2.37. The van der Waals surface area contributed by atoms with Crippen molar-refractivity contribution in [2.24, 2.45) is 0 Å². The van der Waals surface area contributed by atoms with E-state index in [2.05, 4.69) is 15.3 Å². The summed E-state index contributed by atoms with van der Waals surface area (Å²) >= 11 is 0. The van der Waals surface area contributed by atoms with E-state index in [1.54, 1.807) is 6.07 Å². The molecule has 0 spiro atoms. The fourth-order valence-electron chi connectivity index (χ4n) is 3.34. The third kappa shape index (κ3) is 4.09. The number of halogens is 4. The second-order valence-corrected chi connectivity index (χ2v) is 6.76. The Morgan fingerprint density at radius 2 is 1.90 bits per heavy atom. The lowest BCUT2D eigenvalue weighted by Crippen LogP contribution is -2.39. The van der Waals surface area contributed by atoms with Crippen LogP contribution in [0.25, 0.3) is 11.1 Å². The summed E-state index contributed by atoms with van der Waals surface area (Å²) in [7, 11) is 0. The van der Waals surface area contributed by atoms with E-state index < -0.39 is 36.7 Å². The molecule has 0 saturated heterocycles. The fraction of sp³-hybridized carbons (Fsp3) is 0.143. The Morgan fingerprint density at radius 1 is 1.16 bits per heavy atom. The standard InChI is InChI=1S/C21H14F4N4O2/c22-16-9-15-19(21(25)28-16)13-2-1-7-26-14(13)8-18(31)29(15)10-17(30)27-12-5-3-11(4-6-12)20(23)24/h1-7,9,20H,8,10H2,(H,27,30). The Balaban J connectivity index is 1.65. The van der Waals surface area contributed by atoms with E-state index in [0.29, 0.717) is 0 Å². The van der Waals surface area contributed by atoms with Crippen molar-refractivity contribution in [3.8, 4) is 11.1 Å². The summed E-state index contributed by atoms with van der Waals surface area (Å²) in [6.45, 7) is -0.556. The molecule has 10 heteroatoms. The second kappa shape index (κ2) is 8.13. The maximum Gasteiger partial charge on any atom is 0.263 e. The number of hydrogen-bond donors (Lipinski definition) is 1. The molecule has 31 heavy (non-hydrogen) atoms. The van der Waals surface area contributed by atoms with Gasteiger partial charge in [-0.1, -0.05) is 18.2 Å². The largest absolute Gasteiger partial charge is 0.325 e.